The summed E-state index contributed by atoms with van der Waals surface area (Å²) in [4.78, 5) is 32.1. The van der Waals surface area contributed by atoms with Crippen molar-refractivity contribution >= 4 is 17.4 Å². The molecule has 1 aliphatic heterocycles. The molecule has 1 aliphatic rings. The molecule has 0 radical (unpaired) electrons. The van der Waals surface area contributed by atoms with Gasteiger partial charge in [-0.15, -0.1) is 0 Å². The number of rotatable bonds is 11. The Morgan fingerprint density at radius 2 is 1.89 bits per heavy atom. The molecular weight excluding hydrogens is 468 g/mol. The van der Waals surface area contributed by atoms with Gasteiger partial charge in [-0.05, 0) is 47.9 Å². The van der Waals surface area contributed by atoms with Gasteiger partial charge in [0.05, 0.1) is 18.2 Å². The topological polar surface area (TPSA) is 89.0 Å². The second kappa shape index (κ2) is 12.0. The van der Waals surface area contributed by atoms with Crippen LogP contribution >= 0.6 is 0 Å². The monoisotopic (exact) mass is 498 g/mol. The number of benzene rings is 2. The van der Waals surface area contributed by atoms with Gasteiger partial charge in [-0.1, -0.05) is 56.3 Å². The van der Waals surface area contributed by atoms with Crippen LogP contribution in [0.4, 0.5) is 0 Å². The number of ketones is 1. The van der Waals surface area contributed by atoms with Crippen LogP contribution < -0.4 is 9.47 Å². The third-order valence-electron chi connectivity index (χ3n) is 6.05. The first-order valence-electron chi connectivity index (χ1n) is 12.3. The lowest BCUT2D eigenvalue weighted by Crippen LogP contribution is -2.29. The van der Waals surface area contributed by atoms with Crippen LogP contribution in [-0.2, 0) is 16.1 Å². The summed E-state index contributed by atoms with van der Waals surface area (Å²) < 4.78 is 11.4. The maximum atomic E-state index is 13.3. The van der Waals surface area contributed by atoms with Crippen LogP contribution in [0.2, 0.25) is 0 Å². The molecule has 7 heteroatoms. The third kappa shape index (κ3) is 5.89. The molecule has 1 N–H and O–H groups in total. The van der Waals surface area contributed by atoms with E-state index in [9.17, 15) is 14.7 Å². The summed E-state index contributed by atoms with van der Waals surface area (Å²) in [6.45, 7) is 6.80. The SMILES string of the molecule is C=CCOc1ccc(C2C(=C(O)c3cccc(OCCCC)c3)C(=O)C(=O)N2Cc2cccnc2)cc1. The van der Waals surface area contributed by atoms with E-state index >= 15 is 0 Å². The van der Waals surface area contributed by atoms with Crippen molar-refractivity contribution in [3.8, 4) is 11.5 Å². The normalized spacial score (nSPS) is 16.6. The third-order valence-corrected chi connectivity index (χ3v) is 6.05. The molecule has 1 fully saturated rings. The number of nitrogens with zero attached hydrogens (tertiary/aromatic N) is 2. The summed E-state index contributed by atoms with van der Waals surface area (Å²) in [6.07, 6.45) is 6.85. The predicted octanol–water partition coefficient (Wildman–Crippen LogP) is 5.45. The van der Waals surface area contributed by atoms with E-state index in [2.05, 4.69) is 18.5 Å². The molecule has 3 aromatic rings. The zero-order chi connectivity index (χ0) is 26.2. The van der Waals surface area contributed by atoms with Gasteiger partial charge in [0.1, 0.15) is 23.9 Å². The van der Waals surface area contributed by atoms with Crippen molar-refractivity contribution in [3.05, 3.63) is 108 Å². The van der Waals surface area contributed by atoms with Crippen molar-refractivity contribution in [2.75, 3.05) is 13.2 Å². The number of pyridine rings is 1. The number of Topliss-reactive ketones (excluding diaryl/α,β-unsaturated/α-hetero) is 1. The van der Waals surface area contributed by atoms with Crippen molar-refractivity contribution in [1.29, 1.82) is 0 Å². The molecular formula is C30H30N2O5. The van der Waals surface area contributed by atoms with Gasteiger partial charge in [-0.3, -0.25) is 14.6 Å². The smallest absolute Gasteiger partial charge is 0.295 e. The summed E-state index contributed by atoms with van der Waals surface area (Å²) >= 11 is 0. The number of carbonyl (C=O) groups is 2. The van der Waals surface area contributed by atoms with Crippen LogP contribution in [0.3, 0.4) is 0 Å². The second-order valence-corrected chi connectivity index (χ2v) is 8.69. The molecule has 0 aliphatic carbocycles. The molecule has 2 heterocycles. The number of hydrogen-bond acceptors (Lipinski definition) is 6. The van der Waals surface area contributed by atoms with Crippen LogP contribution in [0.25, 0.3) is 5.76 Å². The molecule has 0 saturated carbocycles. The highest BCUT2D eigenvalue weighted by Crippen LogP contribution is 2.41. The summed E-state index contributed by atoms with van der Waals surface area (Å²) in [7, 11) is 0. The average molecular weight is 499 g/mol. The number of amides is 1. The van der Waals surface area contributed by atoms with Gasteiger partial charge in [0.25, 0.3) is 11.7 Å². The summed E-state index contributed by atoms with van der Waals surface area (Å²) in [5.74, 6) is -0.453. The highest BCUT2D eigenvalue weighted by Gasteiger charge is 2.46. The Kier molecular flexibility index (Phi) is 8.36. The fourth-order valence-electron chi connectivity index (χ4n) is 4.20. The molecule has 7 nitrogen and oxygen atoms in total. The number of unbranched alkanes of at least 4 members (excludes halogenated alkanes) is 1. The first kappa shape index (κ1) is 25.7. The second-order valence-electron chi connectivity index (χ2n) is 8.69. The number of aliphatic hydroxyl groups excluding tert-OH is 1. The van der Waals surface area contributed by atoms with Crippen LogP contribution in [-0.4, -0.2) is 39.9 Å². The standard InChI is InChI=1S/C30H30N2O5/c1-3-5-17-37-25-10-6-9-23(18-25)28(33)26-27(22-11-13-24(14-12-22)36-16-4-2)32(30(35)29(26)34)20-21-8-7-15-31-19-21/h4,6-15,18-19,27,33H,2-3,5,16-17,20H2,1H3. The largest absolute Gasteiger partial charge is 0.507 e. The molecule has 1 aromatic heterocycles. The number of likely N-dealkylation sites (tertiary alicyclic amines) is 1. The fraction of sp³-hybridized carbons (Fsp3) is 0.233. The van der Waals surface area contributed by atoms with Gasteiger partial charge >= 0.3 is 0 Å². The molecule has 1 unspecified atom stereocenters. The van der Waals surface area contributed by atoms with Crippen molar-refractivity contribution in [3.63, 3.8) is 0 Å². The van der Waals surface area contributed by atoms with Crippen molar-refractivity contribution in [2.24, 2.45) is 0 Å². The number of ether oxygens (including phenoxy) is 2. The Balaban J connectivity index is 1.76. The first-order chi connectivity index (χ1) is 18.0. The maximum absolute atomic E-state index is 13.3. The highest BCUT2D eigenvalue weighted by atomic mass is 16.5. The Morgan fingerprint density at radius 3 is 2.59 bits per heavy atom. The lowest BCUT2D eigenvalue weighted by Gasteiger charge is -2.25. The van der Waals surface area contributed by atoms with Crippen LogP contribution in [0.5, 0.6) is 11.5 Å². The molecule has 1 saturated heterocycles. The van der Waals surface area contributed by atoms with Gasteiger partial charge in [-0.2, -0.15) is 0 Å². The lowest BCUT2D eigenvalue weighted by molar-refractivity contribution is -0.140. The van der Waals surface area contributed by atoms with Crippen LogP contribution in [0.1, 0.15) is 42.5 Å². The van der Waals surface area contributed by atoms with Gasteiger partial charge in [-0.25, -0.2) is 0 Å². The number of carbonyl (C=O) groups excluding carboxylic acids is 2. The summed E-state index contributed by atoms with van der Waals surface area (Å²) in [5.41, 5.74) is 1.88. The minimum absolute atomic E-state index is 0.0272. The van der Waals surface area contributed by atoms with Crippen LogP contribution in [0.15, 0.2) is 91.3 Å². The first-order valence-corrected chi connectivity index (χ1v) is 12.3. The van der Waals surface area contributed by atoms with Gasteiger partial charge in [0.15, 0.2) is 0 Å². The zero-order valence-electron chi connectivity index (χ0n) is 20.8. The van der Waals surface area contributed by atoms with E-state index in [0.717, 1.165) is 18.4 Å². The maximum Gasteiger partial charge on any atom is 0.295 e. The Bertz CT molecular complexity index is 1280. The molecule has 0 spiro atoms. The zero-order valence-corrected chi connectivity index (χ0v) is 20.8. The summed E-state index contributed by atoms with van der Waals surface area (Å²) in [6, 6.07) is 16.9. The van der Waals surface area contributed by atoms with Crippen molar-refractivity contribution < 1.29 is 24.2 Å². The predicted molar refractivity (Wildman–Crippen MR) is 141 cm³/mol. The minimum atomic E-state index is -0.793. The highest BCUT2D eigenvalue weighted by molar-refractivity contribution is 6.46. The average Bonchev–Trinajstić information content (AvgIpc) is 3.17. The molecule has 2 aromatic carbocycles. The lowest BCUT2D eigenvalue weighted by atomic mass is 9.95. The Morgan fingerprint density at radius 1 is 1.08 bits per heavy atom. The number of aliphatic hydroxyl groups is 1. The Labute approximate surface area is 216 Å². The van der Waals surface area contributed by atoms with E-state index in [0.29, 0.717) is 35.8 Å². The number of hydrogen-bond donors (Lipinski definition) is 1. The fourth-order valence-corrected chi connectivity index (χ4v) is 4.20. The van der Waals surface area contributed by atoms with E-state index in [1.54, 1.807) is 73.1 Å². The van der Waals surface area contributed by atoms with Gasteiger partial charge in [0.2, 0.25) is 0 Å². The van der Waals surface area contributed by atoms with Gasteiger partial charge < -0.3 is 19.5 Å². The summed E-state index contributed by atoms with van der Waals surface area (Å²) in [5, 5.41) is 11.4. The molecule has 1 amide bonds. The van der Waals surface area contributed by atoms with E-state index in [-0.39, 0.29) is 17.9 Å². The Hall–Kier alpha value is -4.39. The minimum Gasteiger partial charge on any atom is -0.507 e. The van der Waals surface area contributed by atoms with Crippen molar-refractivity contribution in [2.45, 2.75) is 32.4 Å². The van der Waals surface area contributed by atoms with E-state index in [1.165, 1.54) is 4.90 Å². The van der Waals surface area contributed by atoms with Crippen LogP contribution in [0, 0.1) is 0 Å². The van der Waals surface area contributed by atoms with E-state index in [1.807, 2.05) is 6.07 Å². The van der Waals surface area contributed by atoms with Crippen molar-refractivity contribution in [1.82, 2.24) is 9.88 Å². The molecule has 1 atom stereocenters. The molecule has 4 rings (SSSR count). The molecule has 190 valence electrons. The van der Waals surface area contributed by atoms with Gasteiger partial charge in [0, 0.05) is 24.5 Å². The van der Waals surface area contributed by atoms with E-state index in [4.69, 9.17) is 9.47 Å². The molecule has 0 bridgehead atoms. The quantitative estimate of drug-likeness (QED) is 0.124. The number of aromatic nitrogens is 1. The van der Waals surface area contributed by atoms with E-state index < -0.39 is 17.7 Å². The molecule has 37 heavy (non-hydrogen) atoms.